The van der Waals surface area contributed by atoms with Gasteiger partial charge in [0.1, 0.15) is 6.10 Å². The van der Waals surface area contributed by atoms with E-state index in [1.165, 1.54) is 6.42 Å². The van der Waals surface area contributed by atoms with Crippen molar-refractivity contribution >= 4 is 35.8 Å². The minimum atomic E-state index is -0.218. The van der Waals surface area contributed by atoms with Crippen LogP contribution in [0.25, 0.3) is 0 Å². The summed E-state index contributed by atoms with van der Waals surface area (Å²) in [5.74, 6) is 1.59. The number of aliphatic imine (C=N–C) groups is 1. The molecular weight excluding hydrogens is 483 g/mol. The van der Waals surface area contributed by atoms with E-state index in [9.17, 15) is 4.79 Å². The van der Waals surface area contributed by atoms with Gasteiger partial charge in [0.2, 0.25) is 0 Å². The summed E-state index contributed by atoms with van der Waals surface area (Å²) in [6.07, 6.45) is 4.22. The van der Waals surface area contributed by atoms with E-state index in [2.05, 4.69) is 36.0 Å². The Morgan fingerprint density at radius 2 is 1.66 bits per heavy atom. The van der Waals surface area contributed by atoms with Crippen molar-refractivity contribution < 1.29 is 14.3 Å². The minimum Gasteiger partial charge on any atom is -0.377 e. The maximum Gasteiger partial charge on any atom is 0.251 e. The van der Waals surface area contributed by atoms with Gasteiger partial charge in [-0.25, -0.2) is 0 Å². The molecule has 0 aromatic heterocycles. The molecule has 0 aliphatic carbocycles. The van der Waals surface area contributed by atoms with Gasteiger partial charge in [0.15, 0.2) is 5.96 Å². The number of rotatable bonds is 3. The Morgan fingerprint density at radius 3 is 2.24 bits per heavy atom. The smallest absolute Gasteiger partial charge is 0.251 e. The molecule has 0 spiro atoms. The topological polar surface area (TPSA) is 66.4 Å². The lowest BCUT2D eigenvalue weighted by molar-refractivity contribution is -0.142. The molecule has 0 aromatic carbocycles. The quantitative estimate of drug-likeness (QED) is 0.350. The van der Waals surface area contributed by atoms with Crippen LogP contribution < -0.4 is 5.32 Å². The van der Waals surface area contributed by atoms with Crippen LogP contribution in [0.5, 0.6) is 0 Å². The van der Waals surface area contributed by atoms with E-state index in [1.54, 1.807) is 0 Å². The molecule has 0 saturated carbocycles. The number of amides is 1. The maximum atomic E-state index is 12.5. The fraction of sp³-hybridized carbons (Fsp3) is 0.905. The largest absolute Gasteiger partial charge is 0.377 e. The Morgan fingerprint density at radius 1 is 1.03 bits per heavy atom. The number of ether oxygens (including phenoxy) is 2. The average molecular weight is 522 g/mol. The summed E-state index contributed by atoms with van der Waals surface area (Å²) in [5.41, 5.74) is 0.143. The van der Waals surface area contributed by atoms with Crippen LogP contribution in [0.3, 0.4) is 0 Å². The number of halogens is 1. The second kappa shape index (κ2) is 11.1. The SMILES string of the molecule is CN=C(NCC1CCCOC1C(C)(C)C)N1CCN(C(=O)C2CCCO2)CC1.I. The molecular formula is C21H39IN4O3. The number of carbonyl (C=O) groups excluding carboxylic acids is 1. The summed E-state index contributed by atoms with van der Waals surface area (Å²) in [7, 11) is 1.84. The lowest BCUT2D eigenvalue weighted by atomic mass is 9.78. The van der Waals surface area contributed by atoms with Gasteiger partial charge in [-0.2, -0.15) is 0 Å². The first kappa shape index (κ1) is 24.7. The molecule has 8 heteroatoms. The lowest BCUT2D eigenvalue weighted by Crippen LogP contribution is -2.56. The van der Waals surface area contributed by atoms with Crippen molar-refractivity contribution in [2.75, 3.05) is 53.0 Å². The minimum absolute atomic E-state index is 0. The highest BCUT2D eigenvalue weighted by Gasteiger charge is 2.36. The predicted octanol–water partition coefficient (Wildman–Crippen LogP) is 2.34. The summed E-state index contributed by atoms with van der Waals surface area (Å²) in [6, 6.07) is 0. The molecule has 3 unspecified atom stereocenters. The summed E-state index contributed by atoms with van der Waals surface area (Å²) in [6.45, 7) is 12.3. The van der Waals surface area contributed by atoms with Crippen molar-refractivity contribution in [1.29, 1.82) is 0 Å². The fourth-order valence-corrected chi connectivity index (χ4v) is 4.68. The standard InChI is InChI=1S/C21H38N4O3.HI/c1-21(2,3)18-16(7-5-14-28-18)15-23-20(22-4)25-11-9-24(10-12-25)19(26)17-8-6-13-27-17;/h16-18H,5-15H2,1-4H3,(H,22,23);1H. The summed E-state index contributed by atoms with van der Waals surface area (Å²) in [5, 5.41) is 3.58. The van der Waals surface area contributed by atoms with Crippen molar-refractivity contribution in [1.82, 2.24) is 15.1 Å². The molecule has 0 bridgehead atoms. The first-order valence-electron chi connectivity index (χ1n) is 10.9. The molecule has 3 saturated heterocycles. The average Bonchev–Trinajstić information content (AvgIpc) is 3.23. The van der Waals surface area contributed by atoms with Gasteiger partial charge in [-0.15, -0.1) is 24.0 Å². The number of hydrogen-bond donors (Lipinski definition) is 1. The van der Waals surface area contributed by atoms with E-state index in [4.69, 9.17) is 9.47 Å². The molecule has 3 heterocycles. The van der Waals surface area contributed by atoms with Crippen molar-refractivity contribution in [3.63, 3.8) is 0 Å². The van der Waals surface area contributed by atoms with Crippen LogP contribution in [-0.4, -0.2) is 86.9 Å². The molecule has 1 N–H and O–H groups in total. The van der Waals surface area contributed by atoms with Gasteiger partial charge in [-0.1, -0.05) is 20.8 Å². The molecule has 0 aromatic rings. The highest BCUT2D eigenvalue weighted by Crippen LogP contribution is 2.33. The van der Waals surface area contributed by atoms with Gasteiger partial charge < -0.3 is 24.6 Å². The van der Waals surface area contributed by atoms with E-state index in [-0.39, 0.29) is 47.5 Å². The first-order valence-corrected chi connectivity index (χ1v) is 10.9. The molecule has 3 atom stereocenters. The summed E-state index contributed by atoms with van der Waals surface area (Å²) in [4.78, 5) is 21.2. The maximum absolute atomic E-state index is 12.5. The van der Waals surface area contributed by atoms with Crippen molar-refractivity contribution in [2.45, 2.75) is 58.7 Å². The van der Waals surface area contributed by atoms with Crippen molar-refractivity contribution in [3.05, 3.63) is 0 Å². The third kappa shape index (κ3) is 6.43. The van der Waals surface area contributed by atoms with Crippen LogP contribution >= 0.6 is 24.0 Å². The molecule has 168 valence electrons. The Balaban J connectivity index is 0.00000300. The van der Waals surface area contributed by atoms with E-state index in [0.717, 1.165) is 64.6 Å². The van der Waals surface area contributed by atoms with Crippen LogP contribution in [-0.2, 0) is 14.3 Å². The van der Waals surface area contributed by atoms with Crippen LogP contribution in [0.15, 0.2) is 4.99 Å². The second-order valence-electron chi connectivity index (χ2n) is 9.30. The number of nitrogens with one attached hydrogen (secondary N) is 1. The van der Waals surface area contributed by atoms with Gasteiger partial charge in [0.25, 0.3) is 5.91 Å². The molecule has 1 amide bonds. The Labute approximate surface area is 193 Å². The second-order valence-corrected chi connectivity index (χ2v) is 9.30. The zero-order valence-electron chi connectivity index (χ0n) is 18.5. The van der Waals surface area contributed by atoms with Crippen molar-refractivity contribution in [3.8, 4) is 0 Å². The molecule has 3 aliphatic rings. The van der Waals surface area contributed by atoms with E-state index >= 15 is 0 Å². The fourth-order valence-electron chi connectivity index (χ4n) is 4.68. The highest BCUT2D eigenvalue weighted by atomic mass is 127. The number of carbonyl (C=O) groups is 1. The van der Waals surface area contributed by atoms with Gasteiger partial charge in [-0.05, 0) is 31.1 Å². The molecule has 3 aliphatic heterocycles. The number of guanidine groups is 1. The van der Waals surface area contributed by atoms with Crippen LogP contribution in [0.1, 0.15) is 46.5 Å². The molecule has 7 nitrogen and oxygen atoms in total. The van der Waals surface area contributed by atoms with Crippen molar-refractivity contribution in [2.24, 2.45) is 16.3 Å². The zero-order valence-corrected chi connectivity index (χ0v) is 20.8. The van der Waals surface area contributed by atoms with Gasteiger partial charge in [0.05, 0.1) is 6.10 Å². The third-order valence-corrected chi connectivity index (χ3v) is 6.13. The molecule has 29 heavy (non-hydrogen) atoms. The third-order valence-electron chi connectivity index (χ3n) is 6.13. The van der Waals surface area contributed by atoms with Gasteiger partial charge in [-0.3, -0.25) is 9.79 Å². The molecule has 3 fully saturated rings. The number of hydrogen-bond acceptors (Lipinski definition) is 4. The highest BCUT2D eigenvalue weighted by molar-refractivity contribution is 14.0. The Kier molecular flexibility index (Phi) is 9.47. The first-order chi connectivity index (χ1) is 13.4. The van der Waals surface area contributed by atoms with Crippen LogP contribution in [0, 0.1) is 11.3 Å². The summed E-state index contributed by atoms with van der Waals surface area (Å²) >= 11 is 0. The monoisotopic (exact) mass is 522 g/mol. The Hall–Kier alpha value is -0.610. The van der Waals surface area contributed by atoms with E-state index in [1.807, 2.05) is 11.9 Å². The van der Waals surface area contributed by atoms with Gasteiger partial charge in [0, 0.05) is 58.9 Å². The summed E-state index contributed by atoms with van der Waals surface area (Å²) < 4.78 is 11.7. The van der Waals surface area contributed by atoms with E-state index in [0.29, 0.717) is 12.5 Å². The molecule has 3 rings (SSSR count). The molecule has 0 radical (unpaired) electrons. The zero-order chi connectivity index (χ0) is 20.1. The lowest BCUT2D eigenvalue weighted by Gasteiger charge is -2.41. The van der Waals surface area contributed by atoms with E-state index < -0.39 is 0 Å². The van der Waals surface area contributed by atoms with Crippen LogP contribution in [0.4, 0.5) is 0 Å². The predicted molar refractivity (Wildman–Crippen MR) is 126 cm³/mol. The Bertz CT molecular complexity index is 553. The normalized spacial score (nSPS) is 28.8. The number of piperazine rings is 1. The van der Waals surface area contributed by atoms with Crippen LogP contribution in [0.2, 0.25) is 0 Å². The van der Waals surface area contributed by atoms with Gasteiger partial charge >= 0.3 is 0 Å². The number of nitrogens with zero attached hydrogens (tertiary/aromatic N) is 3.